The lowest BCUT2D eigenvalue weighted by Gasteiger charge is -2.05. The molecule has 1 heterocycles. The first kappa shape index (κ1) is 18.3. The molecule has 120 valence electrons. The van der Waals surface area contributed by atoms with Gasteiger partial charge in [-0.2, -0.15) is 4.99 Å². The fraction of sp³-hybridized carbons (Fsp3) is 0. The van der Waals surface area contributed by atoms with Crippen LogP contribution in [0.1, 0.15) is 16.1 Å². The fourth-order valence-corrected chi connectivity index (χ4v) is 1.70. The molecule has 0 bridgehead atoms. The first-order valence-corrected chi connectivity index (χ1v) is 6.79. The smallest absolute Gasteiger partial charge is 0.303 e. The van der Waals surface area contributed by atoms with Gasteiger partial charge >= 0.3 is 5.91 Å². The lowest BCUT2D eigenvalue weighted by molar-refractivity contribution is 0.0998. The van der Waals surface area contributed by atoms with Crippen LogP contribution in [0.4, 0.5) is 11.6 Å². The Balaban J connectivity index is 2.03. The van der Waals surface area contributed by atoms with E-state index in [0.29, 0.717) is 11.3 Å². The average Bonchev–Trinajstić information content (AvgIpc) is 2.57. The summed E-state index contributed by atoms with van der Waals surface area (Å²) in [5.74, 6) is -3.22. The molecular formula is C15H6ClN7O2. The van der Waals surface area contributed by atoms with E-state index >= 15 is 0 Å². The molecule has 0 unspecified atom stereocenters. The normalized spacial score (nSPS) is 10.2. The lowest BCUT2D eigenvalue weighted by atomic mass is 10.1. The lowest BCUT2D eigenvalue weighted by Crippen LogP contribution is -2.10. The Bertz CT molecular complexity index is 789. The van der Waals surface area contributed by atoms with E-state index in [4.69, 9.17) is 27.8 Å². The summed E-state index contributed by atoms with van der Waals surface area (Å²) in [6, 6.07) is 6.67. The zero-order chi connectivity index (χ0) is 18.4. The minimum atomic E-state index is -1.49. The highest BCUT2D eigenvalue weighted by Gasteiger charge is 2.19. The number of guanidine groups is 1. The van der Waals surface area contributed by atoms with Gasteiger partial charge in [0, 0.05) is 0 Å². The largest absolute Gasteiger partial charge is 0.490 e. The summed E-state index contributed by atoms with van der Waals surface area (Å²) in [7, 11) is 3.27. The Morgan fingerprint density at radius 1 is 1.24 bits per heavy atom. The van der Waals surface area contributed by atoms with Gasteiger partial charge in [-0.3, -0.25) is 10.1 Å². The minimum absolute atomic E-state index is 0.224. The number of amides is 1. The number of carbonyl (C=O) groups excluding carboxylic acids is 1. The molecule has 0 spiro atoms. The number of aromatic nitrogens is 2. The molecule has 0 fully saturated rings. The molecule has 2 rings (SSSR count). The van der Waals surface area contributed by atoms with Crippen LogP contribution < -0.4 is 27.3 Å². The van der Waals surface area contributed by atoms with E-state index in [1.807, 2.05) is 0 Å². The highest BCUT2D eigenvalue weighted by Crippen LogP contribution is 2.23. The molecule has 1 aromatic carbocycles. The van der Waals surface area contributed by atoms with Crippen LogP contribution in [0.3, 0.4) is 0 Å². The summed E-state index contributed by atoms with van der Waals surface area (Å²) in [4.78, 5) is 21.4. The van der Waals surface area contributed by atoms with Gasteiger partial charge in [-0.15, -0.1) is 17.2 Å². The molecule has 9 nitrogen and oxygen atoms in total. The molecule has 1 amide bonds. The topological polar surface area (TPSA) is 145 Å². The van der Waals surface area contributed by atoms with E-state index in [1.54, 1.807) is 24.3 Å². The van der Waals surface area contributed by atoms with Crippen molar-refractivity contribution in [1.82, 2.24) is 32.5 Å². The third-order valence-corrected chi connectivity index (χ3v) is 2.86. The molecule has 0 aliphatic carbocycles. The number of ether oxygens (including phenoxy) is 1. The van der Waals surface area contributed by atoms with Crippen molar-refractivity contribution in [3.8, 4) is 5.75 Å². The summed E-state index contributed by atoms with van der Waals surface area (Å²) in [6.07, 6.45) is 2.70. The Morgan fingerprint density at radius 3 is 2.52 bits per heavy atom. The number of halogens is 1. The second-order valence-electron chi connectivity index (χ2n) is 4.24. The van der Waals surface area contributed by atoms with Crippen molar-refractivity contribution < 1.29 is 9.53 Å². The van der Waals surface area contributed by atoms with E-state index in [0.717, 1.165) is 0 Å². The molecule has 0 saturated carbocycles. The van der Waals surface area contributed by atoms with E-state index in [-0.39, 0.29) is 11.0 Å². The Hall–Kier alpha value is -3.07. The van der Waals surface area contributed by atoms with Gasteiger partial charge in [-0.25, -0.2) is 9.97 Å². The van der Waals surface area contributed by atoms with Gasteiger partial charge in [0.05, 0.1) is 6.42 Å². The maximum atomic E-state index is 11.5. The van der Waals surface area contributed by atoms with Crippen molar-refractivity contribution in [2.75, 3.05) is 0 Å². The Labute approximate surface area is 149 Å². The van der Waals surface area contributed by atoms with Crippen LogP contribution in [-0.2, 0) is 0 Å². The third-order valence-electron chi connectivity index (χ3n) is 2.61. The quantitative estimate of drug-likeness (QED) is 0.565. The van der Waals surface area contributed by atoms with Crippen LogP contribution in [0.15, 0.2) is 29.3 Å². The van der Waals surface area contributed by atoms with Crippen molar-refractivity contribution in [2.45, 2.75) is 0 Å². The van der Waals surface area contributed by atoms with Gasteiger partial charge in [0.15, 0.2) is 16.7 Å². The molecule has 25 heavy (non-hydrogen) atoms. The zero-order valence-corrected chi connectivity index (χ0v) is 13.1. The number of rotatable bonds is 6. The molecule has 10 heteroatoms. The number of benzene rings is 1. The summed E-state index contributed by atoms with van der Waals surface area (Å²) in [5, 5.41) is 3.42. The third kappa shape index (κ3) is 4.95. The first-order chi connectivity index (χ1) is 11.9. The van der Waals surface area contributed by atoms with E-state index in [9.17, 15) is 10.5 Å². The molecule has 1 aromatic heterocycles. The fourth-order valence-electron chi connectivity index (χ4n) is 1.54. The van der Waals surface area contributed by atoms with Crippen LogP contribution in [0.2, 0.25) is 5.15 Å². The number of hydrogen-bond acceptors (Lipinski definition) is 4. The van der Waals surface area contributed by atoms with Crippen molar-refractivity contribution in [3.05, 3.63) is 60.8 Å². The molecule has 12 radical (unpaired) electrons. The second kappa shape index (κ2) is 8.15. The van der Waals surface area contributed by atoms with Crippen LogP contribution in [-0.4, -0.2) is 21.8 Å². The van der Waals surface area contributed by atoms with Gasteiger partial charge < -0.3 is 4.74 Å². The molecule has 0 aliphatic heterocycles. The molecule has 2 aromatic rings. The van der Waals surface area contributed by atoms with E-state index in [2.05, 4.69) is 40.4 Å². The summed E-state index contributed by atoms with van der Waals surface area (Å²) in [6.45, 7) is 2.43. The molecule has 0 atom stereocenters. The van der Waals surface area contributed by atoms with Crippen molar-refractivity contribution in [1.29, 1.82) is 0 Å². The minimum Gasteiger partial charge on any atom is -0.490 e. The molecule has 0 saturated heterocycles. The number of hydrogen-bond donors (Lipinski definition) is 0. The zero-order valence-electron chi connectivity index (χ0n) is 12.3. The van der Waals surface area contributed by atoms with E-state index in [1.165, 1.54) is 0 Å². The predicted molar refractivity (Wildman–Crippen MR) is 84.7 cm³/mol. The molecular weight excluding hydrogens is 346 g/mol. The number of carbonyl (C=O) groups is 1. The van der Waals surface area contributed by atoms with Crippen LogP contribution in [0.25, 0.3) is 0 Å². The Morgan fingerprint density at radius 2 is 1.92 bits per heavy atom. The maximum Gasteiger partial charge on any atom is 0.303 e. The highest BCUT2D eigenvalue weighted by atomic mass is 35.5. The van der Waals surface area contributed by atoms with Crippen LogP contribution >= 0.6 is 11.6 Å². The highest BCUT2D eigenvalue weighted by molar-refractivity contribution is 6.31. The van der Waals surface area contributed by atoms with Gasteiger partial charge in [0.2, 0.25) is 5.82 Å². The molecule has 0 N–H and O–H groups in total. The van der Waals surface area contributed by atoms with Crippen LogP contribution in [0, 0.1) is 20.1 Å². The monoisotopic (exact) mass is 351 g/mol. The maximum absolute atomic E-state index is 11.5. The summed E-state index contributed by atoms with van der Waals surface area (Å²) >= 11 is 5.81. The van der Waals surface area contributed by atoms with Gasteiger partial charge in [-0.1, -0.05) is 23.7 Å². The van der Waals surface area contributed by atoms with Crippen LogP contribution in [0.5, 0.6) is 5.75 Å². The molecule has 0 aliphatic rings. The van der Waals surface area contributed by atoms with Crippen molar-refractivity contribution in [3.63, 3.8) is 0 Å². The number of nitrogens with zero attached hydrogens (tertiary/aromatic N) is 7. The summed E-state index contributed by atoms with van der Waals surface area (Å²) in [5.41, 5.74) is 26.7. The van der Waals surface area contributed by atoms with Gasteiger partial charge in [-0.05, 0) is 17.7 Å². The first-order valence-electron chi connectivity index (χ1n) is 6.42. The van der Waals surface area contributed by atoms with Gasteiger partial charge in [0.1, 0.15) is 19.4 Å². The second-order valence-corrected chi connectivity index (χ2v) is 4.60. The van der Waals surface area contributed by atoms with Gasteiger partial charge in [0.25, 0.3) is 5.96 Å². The van der Waals surface area contributed by atoms with Crippen molar-refractivity contribution >= 4 is 35.1 Å². The standard InChI is InChI=1S/C15H6ClN7O2/c1-25-9-4-2-8(3-5-9)6-7-20-13-11(16)21-10(12(17)22-13)14(24)23-15(18)19/h2-5H,1H2. The van der Waals surface area contributed by atoms with E-state index < -0.39 is 23.4 Å². The summed E-state index contributed by atoms with van der Waals surface area (Å²) < 4.78 is 4.77. The predicted octanol–water partition coefficient (Wildman–Crippen LogP) is 1.04. The Kier molecular flexibility index (Phi) is 5.96. The SMILES string of the molecule is [CH2]Oc1ccc([C][C][N]c2nc([N])c(C(=O)N=C([N])[N])nc2Cl)cc1. The number of aliphatic imine (C=N–C) groups is 1. The van der Waals surface area contributed by atoms with Crippen molar-refractivity contribution in [2.24, 2.45) is 4.99 Å². The average molecular weight is 352 g/mol.